The van der Waals surface area contributed by atoms with Crippen LogP contribution in [-0.4, -0.2) is 37.2 Å². The van der Waals surface area contributed by atoms with Crippen molar-refractivity contribution in [1.82, 2.24) is 9.97 Å². The molecule has 0 bridgehead atoms. The molecular weight excluding hydrogens is 470 g/mol. The van der Waals surface area contributed by atoms with Gasteiger partial charge in [-0.25, -0.2) is 13.4 Å². The third-order valence-electron chi connectivity index (χ3n) is 5.41. The van der Waals surface area contributed by atoms with Gasteiger partial charge in [0.2, 0.25) is 5.91 Å². The molecule has 4 rings (SSSR count). The quantitative estimate of drug-likeness (QED) is 0.352. The molecule has 0 unspecified atom stereocenters. The van der Waals surface area contributed by atoms with E-state index in [9.17, 15) is 13.2 Å². The minimum Gasteiger partial charge on any atom is -0.497 e. The van der Waals surface area contributed by atoms with Gasteiger partial charge in [-0.3, -0.25) is 14.7 Å². The van der Waals surface area contributed by atoms with Gasteiger partial charge in [0.05, 0.1) is 34.5 Å². The second-order valence-corrected chi connectivity index (χ2v) is 11.1. The molecule has 9 heteroatoms. The van der Waals surface area contributed by atoms with E-state index in [1.165, 1.54) is 30.6 Å². The summed E-state index contributed by atoms with van der Waals surface area (Å²) in [6, 6.07) is 13.9. The summed E-state index contributed by atoms with van der Waals surface area (Å²) in [7, 11) is -2.12. The molecule has 2 heterocycles. The number of amides is 1. The van der Waals surface area contributed by atoms with Crippen molar-refractivity contribution in [3.8, 4) is 5.75 Å². The van der Waals surface area contributed by atoms with Crippen LogP contribution in [0.4, 0.5) is 5.13 Å². The normalized spacial score (nSPS) is 11.5. The Kier molecular flexibility index (Phi) is 6.95. The lowest BCUT2D eigenvalue weighted by Crippen LogP contribution is -2.31. The maximum Gasteiger partial charge on any atom is 0.230 e. The highest BCUT2D eigenvalue weighted by Gasteiger charge is 2.24. The molecule has 176 valence electrons. The predicted octanol–water partition coefficient (Wildman–Crippen LogP) is 4.71. The van der Waals surface area contributed by atoms with E-state index in [0.717, 1.165) is 26.9 Å². The molecule has 4 aromatic rings. The highest BCUT2D eigenvalue weighted by atomic mass is 32.2. The van der Waals surface area contributed by atoms with E-state index < -0.39 is 9.84 Å². The van der Waals surface area contributed by atoms with Gasteiger partial charge in [-0.05, 0) is 66.9 Å². The largest absolute Gasteiger partial charge is 0.497 e. The van der Waals surface area contributed by atoms with E-state index in [2.05, 4.69) is 11.1 Å². The van der Waals surface area contributed by atoms with Crippen LogP contribution >= 0.6 is 11.3 Å². The Labute approximate surface area is 203 Å². The summed E-state index contributed by atoms with van der Waals surface area (Å²) in [5.41, 5.74) is 3.85. The maximum absolute atomic E-state index is 13.3. The number of rotatable bonds is 8. The number of methoxy groups -OCH3 is 1. The second-order valence-electron chi connectivity index (χ2n) is 8.01. The molecule has 0 radical (unpaired) electrons. The number of ether oxygens (including phenoxy) is 1. The Morgan fingerprint density at radius 2 is 1.88 bits per heavy atom. The first-order valence-electron chi connectivity index (χ1n) is 10.7. The SMILES string of the molecule is COc1ccc(S(=O)(=O)CCC(=O)N(Cc2cccnc2)c2nc3cc(C)cc(C)c3s2)cc1. The average molecular weight is 496 g/mol. The van der Waals surface area contributed by atoms with E-state index in [1.807, 2.05) is 26.0 Å². The standard InChI is InChI=1S/C25H25N3O4S2/c1-17-13-18(2)24-22(14-17)27-25(33-24)28(16-19-5-4-11-26-15-19)23(29)10-12-34(30,31)21-8-6-20(32-3)7-9-21/h4-9,11,13-15H,10,12,16H2,1-3H3. The lowest BCUT2D eigenvalue weighted by atomic mass is 10.1. The number of anilines is 1. The molecule has 34 heavy (non-hydrogen) atoms. The van der Waals surface area contributed by atoms with Crippen molar-refractivity contribution in [2.75, 3.05) is 17.8 Å². The van der Waals surface area contributed by atoms with Crippen molar-refractivity contribution in [3.05, 3.63) is 77.6 Å². The van der Waals surface area contributed by atoms with Crippen molar-refractivity contribution in [3.63, 3.8) is 0 Å². The van der Waals surface area contributed by atoms with E-state index in [4.69, 9.17) is 9.72 Å². The van der Waals surface area contributed by atoms with Crippen LogP contribution < -0.4 is 9.64 Å². The maximum atomic E-state index is 13.3. The average Bonchev–Trinajstić information content (AvgIpc) is 3.26. The zero-order valence-corrected chi connectivity index (χ0v) is 20.8. The molecule has 0 saturated carbocycles. The summed E-state index contributed by atoms with van der Waals surface area (Å²) in [6.07, 6.45) is 3.20. The number of carbonyl (C=O) groups excluding carboxylic acids is 1. The number of nitrogens with zero attached hydrogens (tertiary/aromatic N) is 3. The van der Waals surface area contributed by atoms with Crippen LogP contribution in [0.15, 0.2) is 65.8 Å². The first-order chi connectivity index (χ1) is 16.3. The van der Waals surface area contributed by atoms with Gasteiger partial charge >= 0.3 is 0 Å². The molecule has 0 aliphatic carbocycles. The summed E-state index contributed by atoms with van der Waals surface area (Å²) >= 11 is 1.43. The highest BCUT2D eigenvalue weighted by molar-refractivity contribution is 7.91. The van der Waals surface area contributed by atoms with Crippen molar-refractivity contribution in [2.24, 2.45) is 0 Å². The van der Waals surface area contributed by atoms with E-state index >= 15 is 0 Å². The molecule has 0 aliphatic rings. The second kappa shape index (κ2) is 9.90. The summed E-state index contributed by atoms with van der Waals surface area (Å²) in [6.45, 7) is 4.28. The van der Waals surface area contributed by atoms with Crippen molar-refractivity contribution >= 4 is 42.4 Å². The van der Waals surface area contributed by atoms with E-state index in [0.29, 0.717) is 10.9 Å². The van der Waals surface area contributed by atoms with Crippen LogP contribution in [0.2, 0.25) is 0 Å². The summed E-state index contributed by atoms with van der Waals surface area (Å²) in [5.74, 6) is -0.0431. The number of hydrogen-bond acceptors (Lipinski definition) is 7. The van der Waals surface area contributed by atoms with Gasteiger partial charge in [0.1, 0.15) is 5.75 Å². The van der Waals surface area contributed by atoms with Crippen LogP contribution in [0.5, 0.6) is 5.75 Å². The Hall–Kier alpha value is -3.30. The molecule has 2 aromatic carbocycles. The molecule has 0 atom stereocenters. The zero-order valence-electron chi connectivity index (χ0n) is 19.2. The topological polar surface area (TPSA) is 89.5 Å². The molecular formula is C25H25N3O4S2. The number of hydrogen-bond donors (Lipinski definition) is 0. The number of fused-ring (bicyclic) bond motifs is 1. The van der Waals surface area contributed by atoms with Crippen molar-refractivity contribution < 1.29 is 17.9 Å². The van der Waals surface area contributed by atoms with Gasteiger partial charge in [-0.15, -0.1) is 0 Å². The van der Waals surface area contributed by atoms with Gasteiger partial charge in [-0.2, -0.15) is 0 Å². The fraction of sp³-hybridized carbons (Fsp3) is 0.240. The number of aryl methyl sites for hydroxylation is 2. The molecule has 1 amide bonds. The third-order valence-corrected chi connectivity index (χ3v) is 8.37. The number of carbonyl (C=O) groups is 1. The molecule has 0 saturated heterocycles. The van der Waals surface area contributed by atoms with Gasteiger partial charge in [0.25, 0.3) is 0 Å². The van der Waals surface area contributed by atoms with Gasteiger partial charge in [0.15, 0.2) is 15.0 Å². The number of pyridine rings is 1. The Morgan fingerprint density at radius 3 is 2.56 bits per heavy atom. The van der Waals surface area contributed by atoms with Gasteiger partial charge in [0, 0.05) is 18.8 Å². The predicted molar refractivity (Wildman–Crippen MR) is 134 cm³/mol. The zero-order chi connectivity index (χ0) is 24.3. The van der Waals surface area contributed by atoms with Crippen molar-refractivity contribution in [1.29, 1.82) is 0 Å². The molecule has 2 aromatic heterocycles. The molecule has 0 aliphatic heterocycles. The number of benzene rings is 2. The summed E-state index contributed by atoms with van der Waals surface area (Å²) < 4.78 is 31.8. The number of aromatic nitrogens is 2. The van der Waals surface area contributed by atoms with Crippen molar-refractivity contribution in [2.45, 2.75) is 31.7 Å². The third kappa shape index (κ3) is 5.26. The molecule has 0 fully saturated rings. The van der Waals surface area contributed by atoms with Crippen LogP contribution in [0.1, 0.15) is 23.1 Å². The van der Waals surface area contributed by atoms with Crippen LogP contribution in [0.25, 0.3) is 10.2 Å². The Morgan fingerprint density at radius 1 is 1.12 bits per heavy atom. The first kappa shape index (κ1) is 23.8. The molecule has 0 spiro atoms. The van der Waals surface area contributed by atoms with Crippen LogP contribution in [-0.2, 0) is 21.2 Å². The van der Waals surface area contributed by atoms with Gasteiger partial charge in [-0.1, -0.05) is 23.5 Å². The summed E-state index contributed by atoms with van der Waals surface area (Å²) in [4.78, 5) is 23.9. The number of sulfone groups is 1. The minimum absolute atomic E-state index is 0.158. The first-order valence-corrected chi connectivity index (χ1v) is 13.2. The molecule has 7 nitrogen and oxygen atoms in total. The van der Waals surface area contributed by atoms with E-state index in [1.54, 1.807) is 35.5 Å². The fourth-order valence-corrected chi connectivity index (χ4v) is 5.94. The number of thiazole rings is 1. The van der Waals surface area contributed by atoms with E-state index in [-0.39, 0.29) is 29.5 Å². The lowest BCUT2D eigenvalue weighted by Gasteiger charge is -2.20. The highest BCUT2D eigenvalue weighted by Crippen LogP contribution is 2.33. The minimum atomic E-state index is -3.64. The van der Waals surface area contributed by atoms with Crippen LogP contribution in [0.3, 0.4) is 0 Å². The Balaban J connectivity index is 1.61. The Bertz CT molecular complexity index is 1420. The smallest absolute Gasteiger partial charge is 0.230 e. The molecule has 0 N–H and O–H groups in total. The fourth-order valence-electron chi connectivity index (χ4n) is 3.67. The lowest BCUT2D eigenvalue weighted by molar-refractivity contribution is -0.118. The van der Waals surface area contributed by atoms with Gasteiger partial charge < -0.3 is 4.74 Å². The summed E-state index contributed by atoms with van der Waals surface area (Å²) in [5, 5.41) is 0.541. The van der Waals surface area contributed by atoms with Crippen LogP contribution in [0, 0.1) is 13.8 Å². The monoisotopic (exact) mass is 495 g/mol.